The topological polar surface area (TPSA) is 146 Å². The molecule has 1 heterocycles. The standard InChI is InChI=1S/C14H30N8/c15-8-4-1-2-6-10-22(11-7-3-5-9-16)14-20-12(17)19-13(18)21-14/h1-11,15-16H2,(H4,17,18,19,20,21). The van der Waals surface area contributed by atoms with Crippen LogP contribution in [0.2, 0.25) is 0 Å². The second-order valence-electron chi connectivity index (χ2n) is 5.39. The molecule has 0 aliphatic carbocycles. The average molecular weight is 310 g/mol. The summed E-state index contributed by atoms with van der Waals surface area (Å²) < 4.78 is 0. The average Bonchev–Trinajstić information content (AvgIpc) is 2.48. The van der Waals surface area contributed by atoms with E-state index in [2.05, 4.69) is 19.9 Å². The first-order valence-electron chi connectivity index (χ1n) is 8.09. The lowest BCUT2D eigenvalue weighted by Gasteiger charge is -2.22. The molecule has 0 radical (unpaired) electrons. The molecule has 22 heavy (non-hydrogen) atoms. The van der Waals surface area contributed by atoms with E-state index >= 15 is 0 Å². The fourth-order valence-electron chi connectivity index (χ4n) is 2.27. The molecular weight excluding hydrogens is 280 g/mol. The lowest BCUT2D eigenvalue weighted by Crippen LogP contribution is -2.28. The molecule has 0 amide bonds. The van der Waals surface area contributed by atoms with Crippen LogP contribution in [-0.4, -0.2) is 41.1 Å². The van der Waals surface area contributed by atoms with Crippen LogP contribution in [0.15, 0.2) is 0 Å². The highest BCUT2D eigenvalue weighted by molar-refractivity contribution is 5.39. The minimum absolute atomic E-state index is 0.164. The van der Waals surface area contributed by atoms with Gasteiger partial charge in [0.1, 0.15) is 0 Å². The van der Waals surface area contributed by atoms with Gasteiger partial charge in [-0.3, -0.25) is 0 Å². The molecule has 1 aromatic rings. The first kappa shape index (κ1) is 18.4. The van der Waals surface area contributed by atoms with E-state index in [1.165, 1.54) is 0 Å². The molecule has 1 rings (SSSR count). The fourth-order valence-corrected chi connectivity index (χ4v) is 2.27. The van der Waals surface area contributed by atoms with E-state index in [1.54, 1.807) is 0 Å². The Morgan fingerprint density at radius 1 is 0.636 bits per heavy atom. The summed E-state index contributed by atoms with van der Waals surface area (Å²) in [5, 5.41) is 0. The van der Waals surface area contributed by atoms with Crippen LogP contribution in [-0.2, 0) is 0 Å². The van der Waals surface area contributed by atoms with Crippen molar-refractivity contribution in [3.05, 3.63) is 0 Å². The zero-order valence-electron chi connectivity index (χ0n) is 13.4. The number of anilines is 3. The van der Waals surface area contributed by atoms with Gasteiger partial charge >= 0.3 is 0 Å². The van der Waals surface area contributed by atoms with Crippen LogP contribution in [0.25, 0.3) is 0 Å². The summed E-state index contributed by atoms with van der Waals surface area (Å²) in [6.07, 6.45) is 7.61. The summed E-state index contributed by atoms with van der Waals surface area (Å²) in [6, 6.07) is 0. The van der Waals surface area contributed by atoms with E-state index in [1.807, 2.05) is 0 Å². The Hall–Kier alpha value is -1.67. The Morgan fingerprint density at radius 3 is 1.59 bits per heavy atom. The van der Waals surface area contributed by atoms with Crippen LogP contribution >= 0.6 is 0 Å². The molecule has 8 N–H and O–H groups in total. The van der Waals surface area contributed by atoms with Crippen LogP contribution in [0, 0.1) is 0 Å². The van der Waals surface area contributed by atoms with Gasteiger partial charge in [0.15, 0.2) is 0 Å². The maximum atomic E-state index is 5.67. The van der Waals surface area contributed by atoms with Gasteiger partial charge < -0.3 is 27.8 Å². The van der Waals surface area contributed by atoms with E-state index in [0.29, 0.717) is 5.95 Å². The summed E-state index contributed by atoms with van der Waals surface area (Å²) in [6.45, 7) is 3.24. The number of hydrogen-bond donors (Lipinski definition) is 4. The quantitative estimate of drug-likeness (QED) is 0.408. The van der Waals surface area contributed by atoms with Gasteiger partial charge in [-0.05, 0) is 38.8 Å². The van der Waals surface area contributed by atoms with E-state index in [9.17, 15) is 0 Å². The number of unbranched alkanes of at least 4 members (excludes halogenated alkanes) is 5. The predicted molar refractivity (Wildman–Crippen MR) is 91.3 cm³/mol. The summed E-state index contributed by atoms with van der Waals surface area (Å²) >= 11 is 0. The zero-order valence-corrected chi connectivity index (χ0v) is 13.4. The van der Waals surface area contributed by atoms with Gasteiger partial charge in [0, 0.05) is 13.1 Å². The molecule has 8 nitrogen and oxygen atoms in total. The van der Waals surface area contributed by atoms with Crippen LogP contribution in [0.3, 0.4) is 0 Å². The Morgan fingerprint density at radius 2 is 1.09 bits per heavy atom. The Balaban J connectivity index is 2.56. The molecule has 8 heteroatoms. The molecule has 1 aromatic heterocycles. The third-order valence-electron chi connectivity index (χ3n) is 3.46. The number of hydrogen-bond acceptors (Lipinski definition) is 8. The molecule has 0 aliphatic heterocycles. The SMILES string of the molecule is NCCCCCCN(CCCCCN)c1nc(N)nc(N)n1. The summed E-state index contributed by atoms with van der Waals surface area (Å²) in [5.41, 5.74) is 22.4. The zero-order chi connectivity index (χ0) is 16.2. The van der Waals surface area contributed by atoms with Crippen molar-refractivity contribution < 1.29 is 0 Å². The van der Waals surface area contributed by atoms with Gasteiger partial charge in [-0.15, -0.1) is 0 Å². The summed E-state index contributed by atoms with van der Waals surface area (Å²) in [4.78, 5) is 14.4. The number of nitrogen functional groups attached to an aromatic ring is 2. The second-order valence-corrected chi connectivity index (χ2v) is 5.39. The second kappa shape index (κ2) is 11.0. The first-order chi connectivity index (χ1) is 10.7. The number of rotatable bonds is 12. The van der Waals surface area contributed by atoms with Crippen LogP contribution in [0.1, 0.15) is 44.9 Å². The van der Waals surface area contributed by atoms with Gasteiger partial charge in [0.05, 0.1) is 0 Å². The van der Waals surface area contributed by atoms with E-state index in [4.69, 9.17) is 22.9 Å². The number of nitrogens with zero attached hydrogens (tertiary/aromatic N) is 4. The molecule has 0 saturated carbocycles. The number of nitrogens with two attached hydrogens (primary N) is 4. The van der Waals surface area contributed by atoms with Crippen molar-refractivity contribution in [2.75, 3.05) is 42.5 Å². The minimum Gasteiger partial charge on any atom is -0.368 e. The van der Waals surface area contributed by atoms with Crippen molar-refractivity contribution in [1.29, 1.82) is 0 Å². The minimum atomic E-state index is 0.164. The molecule has 0 fully saturated rings. The third-order valence-corrected chi connectivity index (χ3v) is 3.46. The van der Waals surface area contributed by atoms with Crippen molar-refractivity contribution in [2.24, 2.45) is 11.5 Å². The summed E-state index contributed by atoms with van der Waals surface area (Å²) in [5.74, 6) is 0.895. The van der Waals surface area contributed by atoms with Crippen LogP contribution in [0.4, 0.5) is 17.8 Å². The Labute approximate surface area is 132 Å². The van der Waals surface area contributed by atoms with E-state index < -0.39 is 0 Å². The fraction of sp³-hybridized carbons (Fsp3) is 0.786. The number of aromatic nitrogens is 3. The highest BCUT2D eigenvalue weighted by atomic mass is 15.3. The van der Waals surface area contributed by atoms with Crippen LogP contribution in [0.5, 0.6) is 0 Å². The molecule has 0 aromatic carbocycles. The van der Waals surface area contributed by atoms with Gasteiger partial charge in [0.25, 0.3) is 0 Å². The van der Waals surface area contributed by atoms with Gasteiger partial charge in [-0.2, -0.15) is 15.0 Å². The highest BCUT2D eigenvalue weighted by Crippen LogP contribution is 2.13. The largest absolute Gasteiger partial charge is 0.368 e. The highest BCUT2D eigenvalue weighted by Gasteiger charge is 2.11. The molecule has 0 atom stereocenters. The third kappa shape index (κ3) is 7.37. The molecular formula is C14H30N8. The van der Waals surface area contributed by atoms with Crippen molar-refractivity contribution in [2.45, 2.75) is 44.9 Å². The molecule has 0 bridgehead atoms. The van der Waals surface area contributed by atoms with Crippen LogP contribution < -0.4 is 27.8 Å². The Kier molecular flexibility index (Phi) is 9.17. The van der Waals surface area contributed by atoms with Gasteiger partial charge in [-0.25, -0.2) is 0 Å². The molecule has 0 unspecified atom stereocenters. The van der Waals surface area contributed by atoms with E-state index in [-0.39, 0.29) is 11.9 Å². The Bertz CT molecular complexity index is 392. The maximum Gasteiger partial charge on any atom is 0.231 e. The summed E-state index contributed by atoms with van der Waals surface area (Å²) in [7, 11) is 0. The normalized spacial score (nSPS) is 10.8. The van der Waals surface area contributed by atoms with Crippen molar-refractivity contribution in [1.82, 2.24) is 15.0 Å². The molecule has 0 saturated heterocycles. The van der Waals surface area contributed by atoms with Crippen molar-refractivity contribution >= 4 is 17.8 Å². The van der Waals surface area contributed by atoms with Gasteiger partial charge in [0.2, 0.25) is 17.8 Å². The van der Waals surface area contributed by atoms with Crippen molar-refractivity contribution in [3.8, 4) is 0 Å². The first-order valence-corrected chi connectivity index (χ1v) is 8.09. The van der Waals surface area contributed by atoms with Crippen molar-refractivity contribution in [3.63, 3.8) is 0 Å². The lowest BCUT2D eigenvalue weighted by molar-refractivity contribution is 0.600. The molecule has 0 spiro atoms. The maximum absolute atomic E-state index is 5.67. The predicted octanol–water partition coefficient (Wildman–Crippen LogP) is 0.491. The lowest BCUT2D eigenvalue weighted by atomic mass is 10.2. The van der Waals surface area contributed by atoms with Gasteiger partial charge in [-0.1, -0.05) is 19.3 Å². The van der Waals surface area contributed by atoms with E-state index in [0.717, 1.165) is 71.1 Å². The monoisotopic (exact) mass is 310 g/mol. The smallest absolute Gasteiger partial charge is 0.231 e. The molecule has 126 valence electrons. The molecule has 0 aliphatic rings.